The number of H-pyrrole nitrogens is 2. The molecule has 0 spiro atoms. The molecular weight excluding hydrogens is 396 g/mol. The number of hydrogen-bond donors (Lipinski definition) is 3. The van der Waals surface area contributed by atoms with Crippen LogP contribution in [0.4, 0.5) is 0 Å². The highest BCUT2D eigenvalue weighted by molar-refractivity contribution is 7.99. The summed E-state index contributed by atoms with van der Waals surface area (Å²) in [5.41, 5.74) is 0.213. The smallest absolute Gasteiger partial charge is 0.267 e. The molecule has 0 radical (unpaired) electrons. The summed E-state index contributed by atoms with van der Waals surface area (Å²) in [6, 6.07) is 1.38. The van der Waals surface area contributed by atoms with E-state index >= 15 is 0 Å². The maximum Gasteiger partial charge on any atom is 0.267 e. The second kappa shape index (κ2) is 7.94. The van der Waals surface area contributed by atoms with Crippen molar-refractivity contribution in [3.8, 4) is 0 Å². The number of nitrogens with zero attached hydrogens (tertiary/aromatic N) is 3. The van der Waals surface area contributed by atoms with Crippen LogP contribution in [0.2, 0.25) is 0 Å². The van der Waals surface area contributed by atoms with Crippen molar-refractivity contribution in [1.82, 2.24) is 29.4 Å². The van der Waals surface area contributed by atoms with Gasteiger partial charge in [0.15, 0.2) is 4.77 Å². The molecule has 2 aromatic rings. The van der Waals surface area contributed by atoms with Gasteiger partial charge in [0.1, 0.15) is 16.4 Å². The molecule has 0 aliphatic carbocycles. The van der Waals surface area contributed by atoms with Crippen molar-refractivity contribution in [2.24, 2.45) is 7.05 Å². The Morgan fingerprint density at radius 1 is 1.42 bits per heavy atom. The summed E-state index contributed by atoms with van der Waals surface area (Å²) in [5.74, 6) is 1.94. The summed E-state index contributed by atoms with van der Waals surface area (Å²) in [6.45, 7) is 1.34. The number of sulfonamides is 1. The van der Waals surface area contributed by atoms with Crippen molar-refractivity contribution in [3.05, 3.63) is 28.6 Å². The van der Waals surface area contributed by atoms with Crippen LogP contribution in [0.1, 0.15) is 16.3 Å². The minimum Gasteiger partial charge on any atom is -0.356 e. The zero-order valence-electron chi connectivity index (χ0n) is 14.2. The first-order chi connectivity index (χ1) is 12.4. The average molecular weight is 417 g/mol. The molecule has 0 saturated carbocycles. The monoisotopic (exact) mass is 416 g/mol. The first kappa shape index (κ1) is 19.1. The quantitative estimate of drug-likeness (QED) is 0.591. The van der Waals surface area contributed by atoms with Crippen molar-refractivity contribution in [1.29, 1.82) is 0 Å². The summed E-state index contributed by atoms with van der Waals surface area (Å²) >= 11 is 6.77. The van der Waals surface area contributed by atoms with Gasteiger partial charge < -0.3 is 14.9 Å². The summed E-state index contributed by atoms with van der Waals surface area (Å²) in [6.07, 6.45) is 1.87. The lowest BCUT2D eigenvalue weighted by molar-refractivity contribution is 0.0949. The third kappa shape index (κ3) is 4.03. The molecule has 3 rings (SSSR count). The number of carbonyl (C=O) groups excluding carboxylic acids is 1. The molecule has 1 fully saturated rings. The molecule has 26 heavy (non-hydrogen) atoms. The third-order valence-electron chi connectivity index (χ3n) is 4.12. The fourth-order valence-corrected chi connectivity index (χ4v) is 5.30. The van der Waals surface area contributed by atoms with Crippen molar-refractivity contribution in [3.63, 3.8) is 0 Å². The molecule has 0 atom stereocenters. The maximum atomic E-state index is 12.6. The van der Waals surface area contributed by atoms with Crippen LogP contribution in [0.25, 0.3) is 0 Å². The van der Waals surface area contributed by atoms with E-state index < -0.39 is 10.0 Å². The molecule has 1 amide bonds. The second-order valence-corrected chi connectivity index (χ2v) is 9.32. The lowest BCUT2D eigenvalue weighted by Crippen LogP contribution is -2.37. The van der Waals surface area contributed by atoms with Crippen LogP contribution in [0.5, 0.6) is 0 Å². The highest BCUT2D eigenvalue weighted by Gasteiger charge is 2.27. The van der Waals surface area contributed by atoms with Crippen molar-refractivity contribution >= 4 is 39.9 Å². The molecule has 9 nitrogen and oxygen atoms in total. The number of aromatic amines is 2. The van der Waals surface area contributed by atoms with Gasteiger partial charge in [0, 0.05) is 50.8 Å². The Kier molecular flexibility index (Phi) is 5.85. The predicted molar refractivity (Wildman–Crippen MR) is 101 cm³/mol. The van der Waals surface area contributed by atoms with Crippen LogP contribution in [-0.4, -0.2) is 69.5 Å². The number of carbonyl (C=O) groups is 1. The van der Waals surface area contributed by atoms with Crippen LogP contribution in [0, 0.1) is 4.77 Å². The van der Waals surface area contributed by atoms with Crippen molar-refractivity contribution < 1.29 is 13.2 Å². The number of aromatic nitrogens is 4. The fourth-order valence-electron chi connectivity index (χ4n) is 2.58. The van der Waals surface area contributed by atoms with E-state index in [0.717, 1.165) is 17.3 Å². The van der Waals surface area contributed by atoms with Gasteiger partial charge in [-0.3, -0.25) is 9.89 Å². The largest absolute Gasteiger partial charge is 0.356 e. The van der Waals surface area contributed by atoms with E-state index in [0.29, 0.717) is 30.8 Å². The molecule has 1 aliphatic rings. The van der Waals surface area contributed by atoms with E-state index in [1.807, 2.05) is 0 Å². The highest BCUT2D eigenvalue weighted by Crippen LogP contribution is 2.20. The molecule has 12 heteroatoms. The molecule has 3 N–H and O–H groups in total. The van der Waals surface area contributed by atoms with E-state index in [9.17, 15) is 13.2 Å². The second-order valence-electron chi connectivity index (χ2n) is 5.78. The molecule has 1 saturated heterocycles. The average Bonchev–Trinajstić information content (AvgIpc) is 3.25. The molecule has 0 unspecified atom stereocenters. The third-order valence-corrected chi connectivity index (χ3v) is 7.30. The van der Waals surface area contributed by atoms with Gasteiger partial charge in [-0.1, -0.05) is 0 Å². The van der Waals surface area contributed by atoms with Crippen LogP contribution in [0.15, 0.2) is 17.2 Å². The highest BCUT2D eigenvalue weighted by atomic mass is 32.2. The number of hydrogen-bond acceptors (Lipinski definition) is 6. The van der Waals surface area contributed by atoms with Gasteiger partial charge in [0.05, 0.1) is 0 Å². The number of nitrogens with one attached hydrogen (secondary N) is 3. The predicted octanol–water partition coefficient (Wildman–Crippen LogP) is 0.516. The number of thioether (sulfide) groups is 1. The Morgan fingerprint density at radius 3 is 2.81 bits per heavy atom. The maximum absolute atomic E-state index is 12.6. The normalized spacial score (nSPS) is 15.9. The van der Waals surface area contributed by atoms with E-state index in [4.69, 9.17) is 12.2 Å². The van der Waals surface area contributed by atoms with Crippen molar-refractivity contribution in [2.75, 3.05) is 31.1 Å². The molecule has 2 aromatic heterocycles. The minimum atomic E-state index is -3.56. The zero-order chi connectivity index (χ0) is 18.7. The first-order valence-corrected chi connectivity index (χ1v) is 11.0. The van der Waals surface area contributed by atoms with E-state index in [2.05, 4.69) is 20.5 Å². The van der Waals surface area contributed by atoms with Gasteiger partial charge in [-0.05, 0) is 18.3 Å². The van der Waals surface area contributed by atoms with Crippen molar-refractivity contribution in [2.45, 2.75) is 11.3 Å². The molecule has 3 heterocycles. The Morgan fingerprint density at radius 2 is 2.15 bits per heavy atom. The molecule has 1 aliphatic heterocycles. The topological polar surface area (TPSA) is 116 Å². The number of rotatable bonds is 6. The van der Waals surface area contributed by atoms with E-state index in [1.165, 1.54) is 16.6 Å². The Balaban J connectivity index is 1.60. The van der Waals surface area contributed by atoms with Crippen LogP contribution in [0.3, 0.4) is 0 Å². The summed E-state index contributed by atoms with van der Waals surface area (Å²) in [5, 5.41) is 9.50. The molecule has 0 bridgehead atoms. The standard InChI is InChI=1S/C14H20N6O3S3/c1-19-12(17-18-14(19)24)2-3-15-13(21)11-8-10(9-16-11)26(22,23)20-4-6-25-7-5-20/h8-9,16H,2-7H2,1H3,(H,15,21)(H,18,24). The molecule has 0 aromatic carbocycles. The Hall–Kier alpha value is -1.63. The van der Waals surface area contributed by atoms with E-state index in [1.54, 1.807) is 23.4 Å². The Bertz CT molecular complexity index is 939. The summed E-state index contributed by atoms with van der Waals surface area (Å²) in [7, 11) is -1.77. The van der Waals surface area contributed by atoms with Gasteiger partial charge in [-0.15, -0.1) is 0 Å². The lowest BCUT2D eigenvalue weighted by atomic mass is 10.3. The van der Waals surface area contributed by atoms with Gasteiger partial charge >= 0.3 is 0 Å². The van der Waals surface area contributed by atoms with Crippen LogP contribution >= 0.6 is 24.0 Å². The summed E-state index contributed by atoms with van der Waals surface area (Å²) < 4.78 is 28.9. The van der Waals surface area contributed by atoms with E-state index in [-0.39, 0.29) is 16.5 Å². The van der Waals surface area contributed by atoms with Gasteiger partial charge in [0.25, 0.3) is 5.91 Å². The van der Waals surface area contributed by atoms with Gasteiger partial charge in [-0.2, -0.15) is 21.2 Å². The summed E-state index contributed by atoms with van der Waals surface area (Å²) in [4.78, 5) is 15.1. The first-order valence-electron chi connectivity index (χ1n) is 8.04. The van der Waals surface area contributed by atoms with Crippen LogP contribution < -0.4 is 5.32 Å². The molecular formula is C14H20N6O3S3. The zero-order valence-corrected chi connectivity index (χ0v) is 16.6. The van der Waals surface area contributed by atoms with Crippen LogP contribution in [-0.2, 0) is 23.5 Å². The molecule has 142 valence electrons. The Labute approximate surface area is 160 Å². The van der Waals surface area contributed by atoms with Gasteiger partial charge in [0.2, 0.25) is 10.0 Å². The lowest BCUT2D eigenvalue weighted by Gasteiger charge is -2.24. The minimum absolute atomic E-state index is 0.115. The fraction of sp³-hybridized carbons (Fsp3) is 0.500. The van der Waals surface area contributed by atoms with Gasteiger partial charge in [-0.25, -0.2) is 8.42 Å². The SMILES string of the molecule is Cn1c(CCNC(=O)c2cc(S(=O)(=O)N3CCSCC3)c[nH]2)n[nH]c1=S. The number of amides is 1.